The van der Waals surface area contributed by atoms with E-state index in [9.17, 15) is 5.11 Å². The molecule has 0 spiro atoms. The van der Waals surface area contributed by atoms with E-state index in [1.54, 1.807) is 6.08 Å². The lowest BCUT2D eigenvalue weighted by molar-refractivity contribution is -0.135. The quantitative estimate of drug-likeness (QED) is 0.265. The summed E-state index contributed by atoms with van der Waals surface area (Å²) >= 11 is 0. The summed E-state index contributed by atoms with van der Waals surface area (Å²) in [5, 5.41) is 33.4. The molecule has 4 N–H and O–H groups in total. The van der Waals surface area contributed by atoms with Gasteiger partial charge in [-0.2, -0.15) is 0 Å². The van der Waals surface area contributed by atoms with E-state index in [1.807, 2.05) is 0 Å². The standard InChI is InChI=1S/C16H28O2.2C2H4O2/c1-3-5-6-7-8-9-12-15(4-2)16(18)13-10-11-14-17;2*1-2(3)4/h4,15-18H,2-3,5-8,10-11,13-14H2,1H3;2*1H3,(H,3,4). The lowest BCUT2D eigenvalue weighted by Crippen LogP contribution is -2.17. The van der Waals surface area contributed by atoms with Gasteiger partial charge in [-0.3, -0.25) is 9.59 Å². The van der Waals surface area contributed by atoms with Crippen molar-refractivity contribution in [3.8, 4) is 11.8 Å². The number of carboxylic acid groups (broad SMARTS) is 2. The normalized spacial score (nSPS) is 11.3. The SMILES string of the molecule is C=CC(C#CCCCCCC)C(O)CCCCO.CC(=O)O.CC(=O)O. The van der Waals surface area contributed by atoms with E-state index >= 15 is 0 Å². The monoisotopic (exact) mass is 372 g/mol. The molecule has 0 heterocycles. The van der Waals surface area contributed by atoms with Gasteiger partial charge >= 0.3 is 0 Å². The molecule has 0 aliphatic rings. The number of aliphatic carboxylic acids is 2. The second-order valence-electron chi connectivity index (χ2n) is 5.72. The van der Waals surface area contributed by atoms with E-state index < -0.39 is 18.0 Å². The minimum absolute atomic E-state index is 0.130. The summed E-state index contributed by atoms with van der Waals surface area (Å²) in [6, 6.07) is 0. The third-order valence-corrected chi connectivity index (χ3v) is 3.00. The van der Waals surface area contributed by atoms with Gasteiger partial charge in [0.25, 0.3) is 11.9 Å². The van der Waals surface area contributed by atoms with E-state index in [2.05, 4.69) is 25.3 Å². The molecule has 0 rings (SSSR count). The summed E-state index contributed by atoms with van der Waals surface area (Å²) < 4.78 is 0. The fraction of sp³-hybridized carbons (Fsp3) is 0.700. The Hall–Kier alpha value is -1.84. The molecule has 0 fully saturated rings. The molecule has 6 nitrogen and oxygen atoms in total. The molecule has 0 aromatic carbocycles. The van der Waals surface area contributed by atoms with Crippen LogP contribution in [0.1, 0.15) is 72.1 Å². The van der Waals surface area contributed by atoms with Crippen molar-refractivity contribution in [2.45, 2.75) is 78.2 Å². The molecular formula is C20H36O6. The smallest absolute Gasteiger partial charge is 0.300 e. The average Bonchev–Trinajstić information content (AvgIpc) is 2.53. The Balaban J connectivity index is -0.000000551. The maximum atomic E-state index is 9.92. The highest BCUT2D eigenvalue weighted by Crippen LogP contribution is 2.11. The molecule has 0 radical (unpaired) electrons. The predicted octanol–water partition coefficient (Wildman–Crippen LogP) is 3.47. The highest BCUT2D eigenvalue weighted by atomic mass is 16.4. The summed E-state index contributed by atoms with van der Waals surface area (Å²) in [4.78, 5) is 18.0. The minimum atomic E-state index is -0.833. The van der Waals surface area contributed by atoms with Crippen LogP contribution in [0.4, 0.5) is 0 Å². The second-order valence-corrected chi connectivity index (χ2v) is 5.72. The van der Waals surface area contributed by atoms with Crippen LogP contribution < -0.4 is 0 Å². The number of hydrogen-bond donors (Lipinski definition) is 4. The zero-order chi connectivity index (χ0) is 20.8. The van der Waals surface area contributed by atoms with E-state index in [1.165, 1.54) is 19.3 Å². The Morgan fingerprint density at radius 1 is 1.04 bits per heavy atom. The van der Waals surface area contributed by atoms with Crippen molar-refractivity contribution in [1.29, 1.82) is 0 Å². The van der Waals surface area contributed by atoms with E-state index in [-0.39, 0.29) is 12.5 Å². The van der Waals surface area contributed by atoms with Gasteiger partial charge in [0, 0.05) is 26.9 Å². The molecular weight excluding hydrogens is 336 g/mol. The van der Waals surface area contributed by atoms with Gasteiger partial charge in [0.2, 0.25) is 0 Å². The van der Waals surface area contributed by atoms with Crippen LogP contribution in [-0.2, 0) is 9.59 Å². The molecule has 0 saturated carbocycles. The van der Waals surface area contributed by atoms with E-state index in [0.717, 1.165) is 39.5 Å². The Kier molecular flexibility index (Phi) is 25.8. The molecule has 0 aromatic heterocycles. The van der Waals surface area contributed by atoms with Crippen molar-refractivity contribution >= 4 is 11.9 Å². The maximum Gasteiger partial charge on any atom is 0.300 e. The van der Waals surface area contributed by atoms with Crippen molar-refractivity contribution < 1.29 is 30.0 Å². The van der Waals surface area contributed by atoms with Gasteiger partial charge in [-0.25, -0.2) is 0 Å². The minimum Gasteiger partial charge on any atom is -0.481 e. The van der Waals surface area contributed by atoms with Gasteiger partial charge in [-0.05, 0) is 25.7 Å². The third kappa shape index (κ3) is 33.7. The molecule has 0 aliphatic carbocycles. The molecule has 152 valence electrons. The van der Waals surface area contributed by atoms with E-state index in [4.69, 9.17) is 24.9 Å². The van der Waals surface area contributed by atoms with Crippen LogP contribution in [0.15, 0.2) is 12.7 Å². The van der Waals surface area contributed by atoms with Gasteiger partial charge in [0.05, 0.1) is 12.0 Å². The van der Waals surface area contributed by atoms with E-state index in [0.29, 0.717) is 6.42 Å². The molecule has 2 unspecified atom stereocenters. The Morgan fingerprint density at radius 3 is 2.00 bits per heavy atom. The number of carboxylic acids is 2. The topological polar surface area (TPSA) is 115 Å². The lowest BCUT2D eigenvalue weighted by atomic mass is 9.98. The van der Waals surface area contributed by atoms with Crippen LogP contribution >= 0.6 is 0 Å². The van der Waals surface area contributed by atoms with Gasteiger partial charge in [-0.15, -0.1) is 12.5 Å². The highest BCUT2D eigenvalue weighted by Gasteiger charge is 2.12. The fourth-order valence-electron chi connectivity index (χ4n) is 1.79. The Labute approximate surface area is 157 Å². The fourth-order valence-corrected chi connectivity index (χ4v) is 1.79. The van der Waals surface area contributed by atoms with Gasteiger partial charge < -0.3 is 20.4 Å². The zero-order valence-electron chi connectivity index (χ0n) is 16.4. The largest absolute Gasteiger partial charge is 0.481 e. The van der Waals surface area contributed by atoms with Crippen molar-refractivity contribution in [1.82, 2.24) is 0 Å². The van der Waals surface area contributed by atoms with Crippen molar-refractivity contribution in [2.75, 3.05) is 6.61 Å². The Bertz CT molecular complexity index is 388. The van der Waals surface area contributed by atoms with Crippen LogP contribution in [0, 0.1) is 17.8 Å². The van der Waals surface area contributed by atoms with Crippen molar-refractivity contribution in [2.24, 2.45) is 5.92 Å². The molecule has 0 amide bonds. The average molecular weight is 373 g/mol. The molecule has 0 saturated heterocycles. The predicted molar refractivity (Wildman–Crippen MR) is 104 cm³/mol. The number of unbranched alkanes of at least 4 members (excludes halogenated alkanes) is 5. The summed E-state index contributed by atoms with van der Waals surface area (Å²) in [7, 11) is 0. The maximum absolute atomic E-state index is 9.92. The summed E-state index contributed by atoms with van der Waals surface area (Å²) in [5.41, 5.74) is 0. The zero-order valence-corrected chi connectivity index (χ0v) is 16.4. The van der Waals surface area contributed by atoms with Gasteiger partial charge in [0.1, 0.15) is 0 Å². The summed E-state index contributed by atoms with van der Waals surface area (Å²) in [5.74, 6) is 4.43. The first kappa shape index (κ1) is 28.9. The molecule has 6 heteroatoms. The summed E-state index contributed by atoms with van der Waals surface area (Å²) in [6.45, 7) is 8.28. The highest BCUT2D eigenvalue weighted by molar-refractivity contribution is 5.63. The molecule has 0 aromatic rings. The number of aliphatic hydroxyl groups is 2. The molecule has 2 atom stereocenters. The van der Waals surface area contributed by atoms with Crippen LogP contribution in [0.2, 0.25) is 0 Å². The van der Waals surface area contributed by atoms with Crippen LogP contribution in [0.5, 0.6) is 0 Å². The molecule has 0 bridgehead atoms. The number of carbonyl (C=O) groups is 2. The number of hydrogen-bond acceptors (Lipinski definition) is 4. The first-order chi connectivity index (χ1) is 12.2. The van der Waals surface area contributed by atoms with Crippen LogP contribution in [0.3, 0.4) is 0 Å². The second kappa shape index (κ2) is 23.2. The third-order valence-electron chi connectivity index (χ3n) is 3.00. The van der Waals surface area contributed by atoms with Crippen LogP contribution in [0.25, 0.3) is 0 Å². The molecule has 26 heavy (non-hydrogen) atoms. The van der Waals surface area contributed by atoms with Gasteiger partial charge in [-0.1, -0.05) is 38.2 Å². The van der Waals surface area contributed by atoms with Gasteiger partial charge in [0.15, 0.2) is 0 Å². The summed E-state index contributed by atoms with van der Waals surface area (Å²) in [6.07, 6.45) is 9.35. The first-order valence-electron chi connectivity index (χ1n) is 9.01. The van der Waals surface area contributed by atoms with Crippen molar-refractivity contribution in [3.05, 3.63) is 12.7 Å². The van der Waals surface area contributed by atoms with Crippen molar-refractivity contribution in [3.63, 3.8) is 0 Å². The Morgan fingerprint density at radius 2 is 1.58 bits per heavy atom. The first-order valence-corrected chi connectivity index (χ1v) is 9.01. The number of aliphatic hydroxyl groups excluding tert-OH is 2. The lowest BCUT2D eigenvalue weighted by Gasteiger charge is -2.13. The molecule has 0 aliphatic heterocycles. The number of rotatable bonds is 10. The van der Waals surface area contributed by atoms with Crippen LogP contribution in [-0.4, -0.2) is 45.1 Å².